The minimum atomic E-state index is -0.275. The number of halogens is 1. The second-order valence-corrected chi connectivity index (χ2v) is 4.14. The molecule has 0 aliphatic carbocycles. The van der Waals surface area contributed by atoms with Crippen LogP contribution in [0.4, 0.5) is 5.82 Å². The van der Waals surface area contributed by atoms with E-state index >= 15 is 0 Å². The van der Waals surface area contributed by atoms with Crippen LogP contribution in [0.2, 0.25) is 5.02 Å². The van der Waals surface area contributed by atoms with Crippen molar-refractivity contribution >= 4 is 29.4 Å². The maximum atomic E-state index is 11.6. The summed E-state index contributed by atoms with van der Waals surface area (Å²) >= 11 is 5.84. The first-order valence-corrected chi connectivity index (χ1v) is 5.69. The van der Waals surface area contributed by atoms with Crippen molar-refractivity contribution in [3.63, 3.8) is 0 Å². The van der Waals surface area contributed by atoms with Crippen LogP contribution in [-0.2, 0) is 4.79 Å². The molecule has 1 aromatic heterocycles. The molecular formula is C13H11ClN2O2. The molecule has 0 atom stereocenters. The summed E-state index contributed by atoms with van der Waals surface area (Å²) in [6, 6.07) is 8.87. The lowest BCUT2D eigenvalue weighted by atomic mass is 10.2. The van der Waals surface area contributed by atoms with Gasteiger partial charge in [-0.3, -0.25) is 4.79 Å². The third kappa shape index (κ3) is 3.46. The van der Waals surface area contributed by atoms with Gasteiger partial charge in [0.2, 0.25) is 5.91 Å². The number of benzene rings is 1. The molecule has 0 unspecified atom stereocenters. The lowest BCUT2D eigenvalue weighted by molar-refractivity contribution is -0.111. The monoisotopic (exact) mass is 262 g/mol. The Morgan fingerprint density at radius 3 is 2.94 bits per heavy atom. The van der Waals surface area contributed by atoms with Gasteiger partial charge >= 0.3 is 0 Å². The van der Waals surface area contributed by atoms with Crippen molar-refractivity contribution in [2.75, 3.05) is 5.32 Å². The summed E-state index contributed by atoms with van der Waals surface area (Å²) in [5.74, 6) is 0.764. The van der Waals surface area contributed by atoms with Crippen molar-refractivity contribution < 1.29 is 9.32 Å². The fraction of sp³-hybridized carbons (Fsp3) is 0.0769. The van der Waals surface area contributed by atoms with Gasteiger partial charge < -0.3 is 9.84 Å². The number of aryl methyl sites for hydroxylation is 1. The van der Waals surface area contributed by atoms with Crippen LogP contribution in [0.25, 0.3) is 6.08 Å². The number of amides is 1. The molecule has 2 rings (SSSR count). The lowest BCUT2D eigenvalue weighted by Crippen LogP contribution is -2.07. The van der Waals surface area contributed by atoms with Crippen molar-refractivity contribution in [2.45, 2.75) is 6.92 Å². The summed E-state index contributed by atoms with van der Waals surface area (Å²) in [7, 11) is 0. The molecule has 1 amide bonds. The number of carbonyl (C=O) groups excluding carboxylic acids is 1. The van der Waals surface area contributed by atoms with Crippen molar-refractivity contribution in [3.8, 4) is 0 Å². The van der Waals surface area contributed by atoms with Gasteiger partial charge in [-0.05, 0) is 30.7 Å². The first-order chi connectivity index (χ1) is 8.63. The fourth-order valence-electron chi connectivity index (χ4n) is 1.38. The minimum absolute atomic E-state index is 0.275. The van der Waals surface area contributed by atoms with Gasteiger partial charge in [-0.2, -0.15) is 0 Å². The zero-order valence-corrected chi connectivity index (χ0v) is 10.4. The SMILES string of the molecule is Cc1cc(NC(=O)C=Cc2cccc(Cl)c2)no1. The van der Waals surface area contributed by atoms with Gasteiger partial charge in [0.1, 0.15) is 5.76 Å². The van der Waals surface area contributed by atoms with Crippen LogP contribution in [0.3, 0.4) is 0 Å². The van der Waals surface area contributed by atoms with Gasteiger partial charge in [-0.15, -0.1) is 0 Å². The van der Waals surface area contributed by atoms with E-state index in [2.05, 4.69) is 10.5 Å². The Bertz CT molecular complexity index is 590. The Balaban J connectivity index is 1.99. The molecule has 1 N–H and O–H groups in total. The van der Waals surface area contributed by atoms with Gasteiger partial charge in [0.25, 0.3) is 0 Å². The summed E-state index contributed by atoms with van der Waals surface area (Å²) < 4.78 is 4.84. The topological polar surface area (TPSA) is 55.1 Å². The molecule has 2 aromatic rings. The zero-order valence-electron chi connectivity index (χ0n) is 9.68. The molecule has 0 saturated heterocycles. The molecule has 4 nitrogen and oxygen atoms in total. The number of hydrogen-bond acceptors (Lipinski definition) is 3. The van der Waals surface area contributed by atoms with Crippen LogP contribution < -0.4 is 5.32 Å². The van der Waals surface area contributed by atoms with E-state index in [1.54, 1.807) is 31.2 Å². The first-order valence-electron chi connectivity index (χ1n) is 5.31. The van der Waals surface area contributed by atoms with Crippen LogP contribution in [0.15, 0.2) is 40.9 Å². The standard InChI is InChI=1S/C13H11ClN2O2/c1-9-7-12(16-18-9)15-13(17)6-5-10-3-2-4-11(14)8-10/h2-8H,1H3,(H,15,16,17). The molecule has 1 aromatic carbocycles. The normalized spacial score (nSPS) is 10.8. The van der Waals surface area contributed by atoms with Gasteiger partial charge in [0, 0.05) is 17.2 Å². The maximum Gasteiger partial charge on any atom is 0.249 e. The molecule has 1 heterocycles. The molecule has 0 spiro atoms. The van der Waals surface area contributed by atoms with E-state index in [9.17, 15) is 4.79 Å². The summed E-state index contributed by atoms with van der Waals surface area (Å²) in [5.41, 5.74) is 0.856. The van der Waals surface area contributed by atoms with E-state index in [0.717, 1.165) is 5.56 Å². The van der Waals surface area contributed by atoms with Gasteiger partial charge in [-0.1, -0.05) is 28.9 Å². The van der Waals surface area contributed by atoms with Gasteiger partial charge in [-0.25, -0.2) is 0 Å². The molecule has 92 valence electrons. The van der Waals surface area contributed by atoms with E-state index in [-0.39, 0.29) is 5.91 Å². The van der Waals surface area contributed by atoms with E-state index < -0.39 is 0 Å². The number of aromatic nitrogens is 1. The summed E-state index contributed by atoms with van der Waals surface area (Å²) in [6.45, 7) is 1.75. The first kappa shape index (κ1) is 12.4. The average molecular weight is 263 g/mol. The molecule has 0 aliphatic heterocycles. The molecule has 0 fully saturated rings. The molecule has 0 bridgehead atoms. The van der Waals surface area contributed by atoms with Crippen LogP contribution in [0.1, 0.15) is 11.3 Å². The molecule has 0 aliphatic rings. The lowest BCUT2D eigenvalue weighted by Gasteiger charge is -1.96. The van der Waals surface area contributed by atoms with Gasteiger partial charge in [0.05, 0.1) is 0 Å². The molecule has 0 saturated carbocycles. The highest BCUT2D eigenvalue weighted by Crippen LogP contribution is 2.12. The Morgan fingerprint density at radius 1 is 1.44 bits per heavy atom. The Labute approximate surface area is 109 Å². The molecule has 5 heteroatoms. The van der Waals surface area contributed by atoms with Crippen LogP contribution in [0, 0.1) is 6.92 Å². The molecule has 18 heavy (non-hydrogen) atoms. The second-order valence-electron chi connectivity index (χ2n) is 3.70. The third-order valence-corrected chi connectivity index (χ3v) is 2.39. The second kappa shape index (κ2) is 5.51. The highest BCUT2D eigenvalue weighted by atomic mass is 35.5. The Hall–Kier alpha value is -2.07. The van der Waals surface area contributed by atoms with Crippen molar-refractivity contribution in [3.05, 3.63) is 52.8 Å². The number of hydrogen-bond donors (Lipinski definition) is 1. The van der Waals surface area contributed by atoms with Crippen LogP contribution in [0.5, 0.6) is 0 Å². The zero-order chi connectivity index (χ0) is 13.0. The predicted molar refractivity (Wildman–Crippen MR) is 70.4 cm³/mol. The van der Waals surface area contributed by atoms with Crippen molar-refractivity contribution in [2.24, 2.45) is 0 Å². The predicted octanol–water partition coefficient (Wildman–Crippen LogP) is 3.29. The summed E-state index contributed by atoms with van der Waals surface area (Å²) in [4.78, 5) is 11.6. The number of rotatable bonds is 3. The molecular weight excluding hydrogens is 252 g/mol. The quantitative estimate of drug-likeness (QED) is 0.864. The smallest absolute Gasteiger partial charge is 0.249 e. The van der Waals surface area contributed by atoms with Gasteiger partial charge in [0.15, 0.2) is 5.82 Å². The van der Waals surface area contributed by atoms with E-state index in [1.165, 1.54) is 6.08 Å². The summed E-state index contributed by atoms with van der Waals surface area (Å²) in [6.07, 6.45) is 3.09. The number of nitrogens with one attached hydrogen (secondary N) is 1. The van der Waals surface area contributed by atoms with E-state index in [0.29, 0.717) is 16.6 Å². The van der Waals surface area contributed by atoms with Crippen molar-refractivity contribution in [1.29, 1.82) is 0 Å². The third-order valence-electron chi connectivity index (χ3n) is 2.16. The average Bonchev–Trinajstić information content (AvgIpc) is 2.72. The highest BCUT2D eigenvalue weighted by Gasteiger charge is 2.02. The molecule has 0 radical (unpaired) electrons. The largest absolute Gasteiger partial charge is 0.360 e. The summed E-state index contributed by atoms with van der Waals surface area (Å²) in [5, 5.41) is 6.88. The van der Waals surface area contributed by atoms with Crippen LogP contribution >= 0.6 is 11.6 Å². The van der Waals surface area contributed by atoms with E-state index in [1.807, 2.05) is 12.1 Å². The number of nitrogens with zero attached hydrogens (tertiary/aromatic N) is 1. The minimum Gasteiger partial charge on any atom is -0.360 e. The Kier molecular flexibility index (Phi) is 3.79. The van der Waals surface area contributed by atoms with Crippen molar-refractivity contribution in [1.82, 2.24) is 5.16 Å². The van der Waals surface area contributed by atoms with Crippen LogP contribution in [-0.4, -0.2) is 11.1 Å². The highest BCUT2D eigenvalue weighted by molar-refractivity contribution is 6.30. The maximum absolute atomic E-state index is 11.6. The number of anilines is 1. The number of carbonyl (C=O) groups is 1. The Morgan fingerprint density at radius 2 is 2.28 bits per heavy atom. The fourth-order valence-corrected chi connectivity index (χ4v) is 1.57. The van der Waals surface area contributed by atoms with E-state index in [4.69, 9.17) is 16.1 Å².